The summed E-state index contributed by atoms with van der Waals surface area (Å²) in [5, 5.41) is 2.68. The average molecular weight is 469 g/mol. The maximum Gasteiger partial charge on any atom is 0.501 e. The molecule has 1 aliphatic heterocycles. The van der Waals surface area contributed by atoms with Crippen LogP contribution in [-0.4, -0.2) is 38.3 Å². The molecule has 1 amide bonds. The summed E-state index contributed by atoms with van der Waals surface area (Å²) in [7, 11) is -3.59. The lowest BCUT2D eigenvalue weighted by Crippen LogP contribution is -2.39. The standard InChI is InChI=1S/C23H27F3N2O3S/c1-14(2)18-8-6-15(11-20(18)32(30,31)23(24,25)26)21(29)27-17-7-9-19-16(10-17)12-28(5)13-22(19,3)4/h6-11,14H,12-13H2,1-5H3,(H,27,29). The molecule has 0 bridgehead atoms. The Balaban J connectivity index is 1.96. The Morgan fingerprint density at radius 1 is 1.12 bits per heavy atom. The first-order chi connectivity index (χ1) is 14.6. The predicted octanol–water partition coefficient (Wildman–Crippen LogP) is 5.08. The van der Waals surface area contributed by atoms with E-state index in [0.717, 1.165) is 18.2 Å². The third kappa shape index (κ3) is 4.54. The van der Waals surface area contributed by atoms with Crippen molar-refractivity contribution >= 4 is 21.4 Å². The average Bonchev–Trinajstić information content (AvgIpc) is 2.65. The molecule has 0 saturated heterocycles. The molecule has 32 heavy (non-hydrogen) atoms. The maximum atomic E-state index is 13.2. The van der Waals surface area contributed by atoms with Gasteiger partial charge in [-0.15, -0.1) is 0 Å². The van der Waals surface area contributed by atoms with Crippen LogP contribution in [0.25, 0.3) is 0 Å². The largest absolute Gasteiger partial charge is 0.501 e. The summed E-state index contributed by atoms with van der Waals surface area (Å²) in [6.45, 7) is 9.06. The zero-order valence-electron chi connectivity index (χ0n) is 18.7. The molecule has 0 radical (unpaired) electrons. The van der Waals surface area contributed by atoms with E-state index >= 15 is 0 Å². The molecule has 2 aromatic rings. The fourth-order valence-electron chi connectivity index (χ4n) is 4.28. The molecule has 0 spiro atoms. The molecular formula is C23H27F3N2O3S. The van der Waals surface area contributed by atoms with E-state index in [0.29, 0.717) is 12.2 Å². The Hall–Kier alpha value is -2.39. The van der Waals surface area contributed by atoms with Gasteiger partial charge in [-0.1, -0.05) is 39.8 Å². The van der Waals surface area contributed by atoms with E-state index in [1.807, 2.05) is 19.2 Å². The molecule has 9 heteroatoms. The number of nitrogens with zero attached hydrogens (tertiary/aromatic N) is 1. The number of alkyl halides is 3. The summed E-state index contributed by atoms with van der Waals surface area (Å²) in [5.74, 6) is -1.15. The molecule has 1 aliphatic rings. The lowest BCUT2D eigenvalue weighted by molar-refractivity contribution is -0.0436. The van der Waals surface area contributed by atoms with Crippen LogP contribution in [0, 0.1) is 0 Å². The first kappa shape index (κ1) is 24.3. The molecule has 174 valence electrons. The Bertz CT molecular complexity index is 1160. The number of fused-ring (bicyclic) bond motifs is 1. The number of nitrogens with one attached hydrogen (secondary N) is 1. The summed E-state index contributed by atoms with van der Waals surface area (Å²) in [5.41, 5.74) is -2.94. The smallest absolute Gasteiger partial charge is 0.322 e. The van der Waals surface area contributed by atoms with E-state index in [9.17, 15) is 26.4 Å². The monoisotopic (exact) mass is 468 g/mol. The van der Waals surface area contributed by atoms with Crippen LogP contribution in [0.5, 0.6) is 0 Å². The number of carbonyl (C=O) groups excluding carboxylic acids is 1. The summed E-state index contributed by atoms with van der Waals surface area (Å²) in [4.78, 5) is 14.1. The van der Waals surface area contributed by atoms with E-state index in [-0.39, 0.29) is 16.5 Å². The zero-order chi connectivity index (χ0) is 24.1. The molecule has 0 saturated carbocycles. The van der Waals surface area contributed by atoms with Crippen LogP contribution in [0.15, 0.2) is 41.3 Å². The highest BCUT2D eigenvalue weighted by molar-refractivity contribution is 7.92. The fourth-order valence-corrected chi connectivity index (χ4v) is 5.43. The van der Waals surface area contributed by atoms with Crippen LogP contribution in [-0.2, 0) is 21.8 Å². The van der Waals surface area contributed by atoms with Gasteiger partial charge in [0.05, 0.1) is 4.90 Å². The number of rotatable bonds is 4. The second-order valence-corrected chi connectivity index (χ2v) is 11.1. The van der Waals surface area contributed by atoms with Crippen LogP contribution < -0.4 is 5.32 Å². The Morgan fingerprint density at radius 2 is 1.78 bits per heavy atom. The van der Waals surface area contributed by atoms with Crippen molar-refractivity contribution < 1.29 is 26.4 Å². The molecule has 1 heterocycles. The predicted molar refractivity (Wildman–Crippen MR) is 118 cm³/mol. The van der Waals surface area contributed by atoms with Crippen molar-refractivity contribution in [3.05, 3.63) is 58.7 Å². The van der Waals surface area contributed by atoms with Crippen LogP contribution in [0.3, 0.4) is 0 Å². The minimum Gasteiger partial charge on any atom is -0.322 e. The number of hydrogen-bond acceptors (Lipinski definition) is 4. The molecule has 0 unspecified atom stereocenters. The van der Waals surface area contributed by atoms with Crippen LogP contribution in [0.2, 0.25) is 0 Å². The minimum absolute atomic E-state index is 0.0120. The van der Waals surface area contributed by atoms with Crippen LogP contribution in [0.1, 0.15) is 60.7 Å². The highest BCUT2D eigenvalue weighted by Crippen LogP contribution is 2.36. The van der Waals surface area contributed by atoms with Gasteiger partial charge < -0.3 is 10.2 Å². The van der Waals surface area contributed by atoms with Crippen molar-refractivity contribution in [1.82, 2.24) is 4.90 Å². The highest BCUT2D eigenvalue weighted by Gasteiger charge is 2.48. The normalized spacial score (nSPS) is 16.7. The molecular weight excluding hydrogens is 441 g/mol. The van der Waals surface area contributed by atoms with Gasteiger partial charge in [0.15, 0.2) is 0 Å². The van der Waals surface area contributed by atoms with Gasteiger partial charge in [-0.25, -0.2) is 8.42 Å². The minimum atomic E-state index is -5.60. The topological polar surface area (TPSA) is 66.5 Å². The van der Waals surface area contributed by atoms with Gasteiger partial charge in [0.1, 0.15) is 0 Å². The number of anilines is 1. The molecule has 0 aromatic heterocycles. The second kappa shape index (κ2) is 8.19. The molecule has 5 nitrogen and oxygen atoms in total. The number of sulfone groups is 1. The number of hydrogen-bond donors (Lipinski definition) is 1. The second-order valence-electron chi connectivity index (χ2n) is 9.24. The SMILES string of the molecule is CC(C)c1ccc(C(=O)Nc2ccc3c(c2)CN(C)CC3(C)C)cc1S(=O)(=O)C(F)(F)F. The van der Waals surface area contributed by atoms with Gasteiger partial charge in [-0.3, -0.25) is 4.79 Å². The van der Waals surface area contributed by atoms with Gasteiger partial charge in [-0.2, -0.15) is 13.2 Å². The Labute approximate surface area is 186 Å². The number of halogens is 3. The fraction of sp³-hybridized carbons (Fsp3) is 0.435. The third-order valence-corrected chi connectivity index (χ3v) is 7.23. The summed E-state index contributed by atoms with van der Waals surface area (Å²) in [6, 6.07) is 8.96. The van der Waals surface area contributed by atoms with Crippen molar-refractivity contribution in [3.63, 3.8) is 0 Å². The lowest BCUT2D eigenvalue weighted by atomic mass is 9.78. The van der Waals surface area contributed by atoms with E-state index in [2.05, 4.69) is 24.1 Å². The van der Waals surface area contributed by atoms with E-state index in [1.54, 1.807) is 19.9 Å². The van der Waals surface area contributed by atoms with Gasteiger partial charge in [0.25, 0.3) is 15.7 Å². The van der Waals surface area contributed by atoms with E-state index < -0.39 is 32.1 Å². The van der Waals surface area contributed by atoms with E-state index in [1.165, 1.54) is 17.7 Å². The van der Waals surface area contributed by atoms with Crippen molar-refractivity contribution in [2.24, 2.45) is 0 Å². The van der Waals surface area contributed by atoms with Crippen molar-refractivity contribution in [1.29, 1.82) is 0 Å². The molecule has 0 fully saturated rings. The lowest BCUT2D eigenvalue weighted by Gasteiger charge is -2.38. The van der Waals surface area contributed by atoms with Crippen LogP contribution in [0.4, 0.5) is 18.9 Å². The van der Waals surface area contributed by atoms with Gasteiger partial charge >= 0.3 is 5.51 Å². The van der Waals surface area contributed by atoms with Gasteiger partial charge in [-0.05, 0) is 53.9 Å². The molecule has 2 aromatic carbocycles. The van der Waals surface area contributed by atoms with Gasteiger partial charge in [0.2, 0.25) is 0 Å². The maximum absolute atomic E-state index is 13.2. The Kier molecular flexibility index (Phi) is 6.21. The molecule has 3 rings (SSSR count). The highest BCUT2D eigenvalue weighted by atomic mass is 32.2. The molecule has 1 N–H and O–H groups in total. The first-order valence-corrected chi connectivity index (χ1v) is 11.7. The molecule has 0 aliphatic carbocycles. The quantitative estimate of drug-likeness (QED) is 0.680. The summed E-state index contributed by atoms with van der Waals surface area (Å²) < 4.78 is 63.8. The molecule has 0 atom stereocenters. The zero-order valence-corrected chi connectivity index (χ0v) is 19.5. The number of carbonyl (C=O) groups is 1. The van der Waals surface area contributed by atoms with Crippen molar-refractivity contribution in [3.8, 4) is 0 Å². The van der Waals surface area contributed by atoms with Crippen molar-refractivity contribution in [2.75, 3.05) is 18.9 Å². The Morgan fingerprint density at radius 3 is 2.38 bits per heavy atom. The van der Waals surface area contributed by atoms with Gasteiger partial charge in [0, 0.05) is 29.8 Å². The number of amides is 1. The number of benzene rings is 2. The van der Waals surface area contributed by atoms with Crippen LogP contribution >= 0.6 is 0 Å². The first-order valence-electron chi connectivity index (χ1n) is 10.2. The summed E-state index contributed by atoms with van der Waals surface area (Å²) in [6.07, 6.45) is 0. The summed E-state index contributed by atoms with van der Waals surface area (Å²) >= 11 is 0. The third-order valence-electron chi connectivity index (χ3n) is 5.69. The van der Waals surface area contributed by atoms with E-state index in [4.69, 9.17) is 0 Å². The van der Waals surface area contributed by atoms with Crippen molar-refractivity contribution in [2.45, 2.75) is 56.0 Å². The number of likely N-dealkylation sites (N-methyl/N-ethyl adjacent to an activating group) is 1.